The summed E-state index contributed by atoms with van der Waals surface area (Å²) >= 11 is 6.00. The fourth-order valence-corrected chi connectivity index (χ4v) is 3.24. The Hall–Kier alpha value is -4.04. The first-order chi connectivity index (χ1) is 15.8. The number of nitrogens with one attached hydrogen (secondary N) is 1. The monoisotopic (exact) mass is 466 g/mol. The Morgan fingerprint density at radius 3 is 2.33 bits per heavy atom. The number of ether oxygens (including phenoxy) is 1. The summed E-state index contributed by atoms with van der Waals surface area (Å²) in [5, 5.41) is 13.3. The number of amides is 1. The number of Topliss-reactive ketones (excluding diaryl/α,β-unsaturated/α-hetero) is 1. The number of hydrogen-bond donors (Lipinski definition) is 1. The van der Waals surface area contributed by atoms with Crippen molar-refractivity contribution in [2.45, 2.75) is 13.3 Å². The maximum absolute atomic E-state index is 12.6. The van der Waals surface area contributed by atoms with Crippen LogP contribution in [0, 0.1) is 10.1 Å². The molecule has 0 radical (unpaired) electrons. The summed E-state index contributed by atoms with van der Waals surface area (Å²) in [7, 11) is 0. The van der Waals surface area contributed by atoms with Crippen molar-refractivity contribution in [3.8, 4) is 0 Å². The number of benzene rings is 3. The van der Waals surface area contributed by atoms with Gasteiger partial charge in [0.2, 0.25) is 0 Å². The van der Waals surface area contributed by atoms with Crippen molar-refractivity contribution in [1.82, 2.24) is 0 Å². The van der Waals surface area contributed by atoms with Crippen LogP contribution in [0.15, 0.2) is 66.7 Å². The van der Waals surface area contributed by atoms with Crippen molar-refractivity contribution < 1.29 is 24.0 Å². The molecule has 0 fully saturated rings. The first-order valence-corrected chi connectivity index (χ1v) is 10.3. The van der Waals surface area contributed by atoms with Gasteiger partial charge in [-0.25, -0.2) is 4.79 Å². The maximum Gasteiger partial charge on any atom is 0.340 e. The van der Waals surface area contributed by atoms with E-state index in [0.29, 0.717) is 5.56 Å². The number of ketones is 1. The molecule has 0 saturated carbocycles. The van der Waals surface area contributed by atoms with E-state index < -0.39 is 23.4 Å². The van der Waals surface area contributed by atoms with Gasteiger partial charge in [0.05, 0.1) is 26.8 Å². The van der Waals surface area contributed by atoms with Gasteiger partial charge in [-0.15, -0.1) is 0 Å². The fourth-order valence-electron chi connectivity index (χ4n) is 2.98. The standard InChI is InChI=1S/C24H19ClN2O6/c1-2-15-7-9-16(10-8-15)22(28)14-33-24(30)19-5-3-4-6-21(19)26-23(29)18-12-11-17(27(31)32)13-20(18)25/h3-13H,2,14H2,1H3,(H,26,29). The zero-order chi connectivity index (χ0) is 24.0. The van der Waals surface area contributed by atoms with Crippen molar-refractivity contribution in [3.05, 3.63) is 104 Å². The molecule has 0 unspecified atom stereocenters. The number of hydrogen-bond acceptors (Lipinski definition) is 6. The van der Waals surface area contributed by atoms with Crippen molar-refractivity contribution in [2.24, 2.45) is 0 Å². The lowest BCUT2D eigenvalue weighted by atomic mass is 10.1. The lowest BCUT2D eigenvalue weighted by Crippen LogP contribution is -2.18. The van der Waals surface area contributed by atoms with E-state index in [2.05, 4.69) is 5.32 Å². The van der Waals surface area contributed by atoms with Crippen LogP contribution in [0.5, 0.6) is 0 Å². The Balaban J connectivity index is 1.70. The summed E-state index contributed by atoms with van der Waals surface area (Å²) in [5.41, 5.74) is 1.43. The van der Waals surface area contributed by atoms with E-state index >= 15 is 0 Å². The third-order valence-corrected chi connectivity index (χ3v) is 5.13. The first kappa shape index (κ1) is 23.6. The topological polar surface area (TPSA) is 116 Å². The highest BCUT2D eigenvalue weighted by Gasteiger charge is 2.19. The van der Waals surface area contributed by atoms with Gasteiger partial charge in [-0.05, 0) is 30.2 Å². The number of carbonyl (C=O) groups is 3. The average molecular weight is 467 g/mol. The Morgan fingerprint density at radius 2 is 1.70 bits per heavy atom. The minimum Gasteiger partial charge on any atom is -0.454 e. The van der Waals surface area contributed by atoms with E-state index in [1.165, 1.54) is 18.2 Å². The van der Waals surface area contributed by atoms with Crippen LogP contribution in [0.25, 0.3) is 0 Å². The summed E-state index contributed by atoms with van der Waals surface area (Å²) in [5.74, 6) is -1.81. The number of rotatable bonds is 8. The van der Waals surface area contributed by atoms with Gasteiger partial charge in [0, 0.05) is 17.7 Å². The SMILES string of the molecule is CCc1ccc(C(=O)COC(=O)c2ccccc2NC(=O)c2ccc([N+](=O)[O-])cc2Cl)cc1. The molecule has 0 aromatic heterocycles. The molecular formula is C24H19ClN2O6. The van der Waals surface area contributed by atoms with Gasteiger partial charge >= 0.3 is 5.97 Å². The minimum atomic E-state index is -0.792. The van der Waals surface area contributed by atoms with Crippen molar-refractivity contribution >= 4 is 40.6 Å². The minimum absolute atomic E-state index is 0.00357. The smallest absolute Gasteiger partial charge is 0.340 e. The molecule has 3 aromatic rings. The van der Waals surface area contributed by atoms with Crippen LogP contribution in [-0.2, 0) is 11.2 Å². The van der Waals surface area contributed by atoms with Crippen LogP contribution >= 0.6 is 11.6 Å². The zero-order valence-electron chi connectivity index (χ0n) is 17.5. The molecule has 1 N–H and O–H groups in total. The number of carbonyl (C=O) groups excluding carboxylic acids is 3. The molecule has 0 saturated heterocycles. The van der Waals surface area contributed by atoms with Crippen molar-refractivity contribution in [3.63, 3.8) is 0 Å². The third-order valence-electron chi connectivity index (χ3n) is 4.82. The summed E-state index contributed by atoms with van der Waals surface area (Å²) in [6.45, 7) is 1.55. The van der Waals surface area contributed by atoms with Gasteiger partial charge in [-0.2, -0.15) is 0 Å². The lowest BCUT2D eigenvalue weighted by Gasteiger charge is -2.11. The van der Waals surface area contributed by atoms with Gasteiger partial charge in [0.15, 0.2) is 12.4 Å². The molecule has 0 bridgehead atoms. The summed E-state index contributed by atoms with van der Waals surface area (Å²) < 4.78 is 5.15. The molecule has 8 nitrogen and oxygen atoms in total. The number of para-hydroxylation sites is 1. The van der Waals surface area contributed by atoms with Crippen LogP contribution < -0.4 is 5.32 Å². The largest absolute Gasteiger partial charge is 0.454 e. The molecule has 9 heteroatoms. The molecule has 3 aromatic carbocycles. The van der Waals surface area contributed by atoms with Crippen LogP contribution in [0.4, 0.5) is 11.4 Å². The Labute approximate surface area is 194 Å². The molecule has 1 amide bonds. The average Bonchev–Trinajstić information content (AvgIpc) is 2.82. The molecule has 0 heterocycles. The summed E-state index contributed by atoms with van der Waals surface area (Å²) in [6, 6.07) is 16.6. The van der Waals surface area contributed by atoms with E-state index in [1.807, 2.05) is 19.1 Å². The molecule has 33 heavy (non-hydrogen) atoms. The third kappa shape index (κ3) is 5.81. The van der Waals surface area contributed by atoms with E-state index in [-0.39, 0.29) is 33.3 Å². The van der Waals surface area contributed by atoms with Crippen LogP contribution in [0.3, 0.4) is 0 Å². The van der Waals surface area contributed by atoms with Crippen LogP contribution in [0.1, 0.15) is 43.6 Å². The van der Waals surface area contributed by atoms with Gasteiger partial charge in [-0.1, -0.05) is 54.9 Å². The number of esters is 1. The van der Waals surface area contributed by atoms with E-state index in [9.17, 15) is 24.5 Å². The molecule has 0 atom stereocenters. The molecule has 0 aliphatic carbocycles. The van der Waals surface area contributed by atoms with Gasteiger partial charge < -0.3 is 10.1 Å². The molecular weight excluding hydrogens is 448 g/mol. The van der Waals surface area contributed by atoms with E-state index in [4.69, 9.17) is 16.3 Å². The Bertz CT molecular complexity index is 1220. The van der Waals surface area contributed by atoms with Crippen LogP contribution in [-0.4, -0.2) is 29.2 Å². The predicted octanol–water partition coefficient (Wildman–Crippen LogP) is 5.10. The lowest BCUT2D eigenvalue weighted by molar-refractivity contribution is -0.384. The number of halogens is 1. The van der Waals surface area contributed by atoms with Gasteiger partial charge in [0.1, 0.15) is 0 Å². The normalized spacial score (nSPS) is 10.4. The fraction of sp³-hybridized carbons (Fsp3) is 0.125. The van der Waals surface area contributed by atoms with E-state index in [1.54, 1.807) is 24.3 Å². The van der Waals surface area contributed by atoms with Crippen LogP contribution in [0.2, 0.25) is 5.02 Å². The maximum atomic E-state index is 12.6. The number of aryl methyl sites for hydroxylation is 1. The van der Waals surface area contributed by atoms with Gasteiger partial charge in [0.25, 0.3) is 11.6 Å². The predicted molar refractivity (Wildman–Crippen MR) is 123 cm³/mol. The molecule has 168 valence electrons. The second-order valence-corrected chi connectivity index (χ2v) is 7.38. The quantitative estimate of drug-likeness (QED) is 0.213. The van der Waals surface area contributed by atoms with Gasteiger partial charge in [-0.3, -0.25) is 19.7 Å². The Morgan fingerprint density at radius 1 is 1.00 bits per heavy atom. The van der Waals surface area contributed by atoms with Crippen molar-refractivity contribution in [1.29, 1.82) is 0 Å². The molecule has 3 rings (SSSR count). The van der Waals surface area contributed by atoms with E-state index in [0.717, 1.165) is 24.1 Å². The second kappa shape index (κ2) is 10.5. The number of nitrogens with zero attached hydrogens (tertiary/aromatic N) is 1. The summed E-state index contributed by atoms with van der Waals surface area (Å²) in [6.07, 6.45) is 0.844. The molecule has 0 spiro atoms. The number of anilines is 1. The highest BCUT2D eigenvalue weighted by Crippen LogP contribution is 2.24. The number of nitro benzene ring substituents is 1. The second-order valence-electron chi connectivity index (χ2n) is 6.97. The Kier molecular flexibility index (Phi) is 7.53. The van der Waals surface area contributed by atoms with Crippen molar-refractivity contribution in [2.75, 3.05) is 11.9 Å². The molecule has 0 aliphatic rings. The first-order valence-electron chi connectivity index (χ1n) is 9.93. The highest BCUT2D eigenvalue weighted by molar-refractivity contribution is 6.34. The highest BCUT2D eigenvalue weighted by atomic mass is 35.5. The number of nitro groups is 1. The zero-order valence-corrected chi connectivity index (χ0v) is 18.3. The number of non-ortho nitro benzene ring substituents is 1. The molecule has 0 aliphatic heterocycles. The summed E-state index contributed by atoms with van der Waals surface area (Å²) in [4.78, 5) is 47.8.